The standard InChI is InChI=1S/C25H24N2O4/c1-17-7-6-10-22(15-17)27-24(29)18(2)31-23(28)16-26-25(30)21-13-11-20(12-14-21)19-8-4-3-5-9-19/h3-15,18H,16H2,1-2H3,(H,26,30)(H,27,29)/t18-/m1/s1. The van der Waals surface area contributed by atoms with E-state index >= 15 is 0 Å². The van der Waals surface area contributed by atoms with E-state index in [-0.39, 0.29) is 6.54 Å². The molecule has 0 fully saturated rings. The second-order valence-corrected chi connectivity index (χ2v) is 7.12. The van der Waals surface area contributed by atoms with Crippen molar-refractivity contribution in [2.24, 2.45) is 0 Å². The zero-order chi connectivity index (χ0) is 22.2. The molecule has 0 aliphatic carbocycles. The molecule has 0 unspecified atom stereocenters. The lowest BCUT2D eigenvalue weighted by atomic mass is 10.0. The van der Waals surface area contributed by atoms with Gasteiger partial charge in [-0.3, -0.25) is 14.4 Å². The lowest BCUT2D eigenvalue weighted by Gasteiger charge is -2.14. The van der Waals surface area contributed by atoms with Gasteiger partial charge in [0.25, 0.3) is 11.8 Å². The Morgan fingerprint density at radius 1 is 0.871 bits per heavy atom. The Morgan fingerprint density at radius 3 is 2.23 bits per heavy atom. The number of rotatable bonds is 7. The number of amides is 2. The molecule has 0 aromatic heterocycles. The zero-order valence-electron chi connectivity index (χ0n) is 17.4. The highest BCUT2D eigenvalue weighted by molar-refractivity contribution is 5.97. The Bertz CT molecular complexity index is 1060. The molecular weight excluding hydrogens is 392 g/mol. The maximum Gasteiger partial charge on any atom is 0.326 e. The van der Waals surface area contributed by atoms with Gasteiger partial charge in [-0.25, -0.2) is 0 Å². The lowest BCUT2D eigenvalue weighted by Crippen LogP contribution is -2.35. The molecule has 0 aliphatic rings. The van der Waals surface area contributed by atoms with Crippen LogP contribution in [0.2, 0.25) is 0 Å². The minimum atomic E-state index is -0.991. The van der Waals surface area contributed by atoms with Crippen LogP contribution in [0.25, 0.3) is 11.1 Å². The SMILES string of the molecule is Cc1cccc(NC(=O)[C@@H](C)OC(=O)CNC(=O)c2ccc(-c3ccccc3)cc2)c1. The van der Waals surface area contributed by atoms with Crippen molar-refractivity contribution < 1.29 is 19.1 Å². The van der Waals surface area contributed by atoms with Gasteiger partial charge in [0, 0.05) is 11.3 Å². The fourth-order valence-electron chi connectivity index (χ4n) is 2.96. The molecule has 3 aromatic carbocycles. The molecule has 2 amide bonds. The third-order valence-electron chi connectivity index (χ3n) is 4.61. The van der Waals surface area contributed by atoms with Crippen LogP contribution in [0.1, 0.15) is 22.8 Å². The van der Waals surface area contributed by atoms with E-state index in [4.69, 9.17) is 4.74 Å². The van der Waals surface area contributed by atoms with E-state index in [0.717, 1.165) is 16.7 Å². The molecule has 31 heavy (non-hydrogen) atoms. The Hall–Kier alpha value is -3.93. The molecule has 158 valence electrons. The predicted octanol–water partition coefficient (Wildman–Crippen LogP) is 3.96. The third-order valence-corrected chi connectivity index (χ3v) is 4.61. The van der Waals surface area contributed by atoms with Crippen LogP contribution in [0.4, 0.5) is 5.69 Å². The van der Waals surface area contributed by atoms with E-state index in [0.29, 0.717) is 11.3 Å². The van der Waals surface area contributed by atoms with Crippen molar-refractivity contribution in [3.63, 3.8) is 0 Å². The van der Waals surface area contributed by atoms with Gasteiger partial charge in [-0.1, -0.05) is 54.6 Å². The molecule has 0 saturated heterocycles. The maximum absolute atomic E-state index is 12.3. The van der Waals surface area contributed by atoms with E-state index < -0.39 is 23.9 Å². The molecule has 0 radical (unpaired) electrons. The van der Waals surface area contributed by atoms with Crippen LogP contribution in [0.5, 0.6) is 0 Å². The largest absolute Gasteiger partial charge is 0.451 e. The number of ether oxygens (including phenoxy) is 1. The van der Waals surface area contributed by atoms with Gasteiger partial charge in [-0.05, 0) is 54.8 Å². The molecule has 1 atom stereocenters. The fraction of sp³-hybridized carbons (Fsp3) is 0.160. The van der Waals surface area contributed by atoms with Gasteiger partial charge >= 0.3 is 5.97 Å². The summed E-state index contributed by atoms with van der Waals surface area (Å²) in [5, 5.41) is 5.21. The maximum atomic E-state index is 12.3. The van der Waals surface area contributed by atoms with E-state index in [1.54, 1.807) is 18.2 Å². The Balaban J connectivity index is 1.47. The summed E-state index contributed by atoms with van der Waals surface area (Å²) in [7, 11) is 0. The number of carbonyl (C=O) groups is 3. The number of aryl methyl sites for hydroxylation is 1. The quantitative estimate of drug-likeness (QED) is 0.571. The fourth-order valence-corrected chi connectivity index (χ4v) is 2.96. The molecule has 0 saturated carbocycles. The van der Waals surface area contributed by atoms with Crippen molar-refractivity contribution in [1.29, 1.82) is 0 Å². The van der Waals surface area contributed by atoms with Crippen LogP contribution in [0.3, 0.4) is 0 Å². The van der Waals surface area contributed by atoms with Crippen LogP contribution in [0, 0.1) is 6.92 Å². The summed E-state index contributed by atoms with van der Waals surface area (Å²) < 4.78 is 5.11. The number of benzene rings is 3. The van der Waals surface area contributed by atoms with Crippen LogP contribution < -0.4 is 10.6 Å². The first kappa shape index (κ1) is 21.8. The lowest BCUT2D eigenvalue weighted by molar-refractivity contribution is -0.152. The number of carbonyl (C=O) groups excluding carboxylic acids is 3. The molecule has 6 heteroatoms. The van der Waals surface area contributed by atoms with Gasteiger partial charge in [0.15, 0.2) is 6.10 Å². The second kappa shape index (κ2) is 10.2. The van der Waals surface area contributed by atoms with Gasteiger partial charge in [0.2, 0.25) is 0 Å². The first-order valence-corrected chi connectivity index (χ1v) is 9.93. The molecule has 0 heterocycles. The van der Waals surface area contributed by atoms with Crippen molar-refractivity contribution in [2.45, 2.75) is 20.0 Å². The summed E-state index contributed by atoms with van der Waals surface area (Å²) in [5.41, 5.74) is 4.10. The molecular formula is C25H24N2O4. The minimum absolute atomic E-state index is 0.332. The molecule has 2 N–H and O–H groups in total. The highest BCUT2D eigenvalue weighted by atomic mass is 16.5. The van der Waals surface area contributed by atoms with Crippen molar-refractivity contribution in [1.82, 2.24) is 5.32 Å². The van der Waals surface area contributed by atoms with Gasteiger partial charge < -0.3 is 15.4 Å². The van der Waals surface area contributed by atoms with Crippen LogP contribution in [-0.4, -0.2) is 30.4 Å². The van der Waals surface area contributed by atoms with E-state index in [1.807, 2.05) is 67.6 Å². The first-order valence-electron chi connectivity index (χ1n) is 9.93. The highest BCUT2D eigenvalue weighted by Gasteiger charge is 2.18. The molecule has 3 rings (SSSR count). The molecule has 3 aromatic rings. The minimum Gasteiger partial charge on any atom is -0.451 e. The summed E-state index contributed by atoms with van der Waals surface area (Å²) in [6.07, 6.45) is -0.991. The highest BCUT2D eigenvalue weighted by Crippen LogP contribution is 2.19. The summed E-state index contributed by atoms with van der Waals surface area (Å²) >= 11 is 0. The van der Waals surface area contributed by atoms with Crippen molar-refractivity contribution >= 4 is 23.5 Å². The number of hydrogen-bond acceptors (Lipinski definition) is 4. The topological polar surface area (TPSA) is 84.5 Å². The zero-order valence-corrected chi connectivity index (χ0v) is 17.4. The van der Waals surface area contributed by atoms with Crippen molar-refractivity contribution in [3.05, 3.63) is 90.0 Å². The first-order chi connectivity index (χ1) is 14.9. The molecule has 0 aliphatic heterocycles. The number of esters is 1. The van der Waals surface area contributed by atoms with Crippen LogP contribution >= 0.6 is 0 Å². The summed E-state index contributed by atoms with van der Waals surface area (Å²) in [6.45, 7) is 3.06. The van der Waals surface area contributed by atoms with Gasteiger partial charge in [-0.15, -0.1) is 0 Å². The number of nitrogens with one attached hydrogen (secondary N) is 2. The third kappa shape index (κ3) is 6.27. The molecule has 6 nitrogen and oxygen atoms in total. The summed E-state index contributed by atoms with van der Waals surface area (Å²) in [4.78, 5) is 36.5. The van der Waals surface area contributed by atoms with E-state index in [1.165, 1.54) is 6.92 Å². The summed E-state index contributed by atoms with van der Waals surface area (Å²) in [5.74, 6) is -1.53. The number of hydrogen-bond donors (Lipinski definition) is 2. The van der Waals surface area contributed by atoms with Crippen LogP contribution in [0.15, 0.2) is 78.9 Å². The normalized spacial score (nSPS) is 11.3. The second-order valence-electron chi connectivity index (χ2n) is 7.12. The Morgan fingerprint density at radius 2 is 1.55 bits per heavy atom. The number of anilines is 1. The monoisotopic (exact) mass is 416 g/mol. The van der Waals surface area contributed by atoms with Gasteiger partial charge in [0.1, 0.15) is 6.54 Å². The van der Waals surface area contributed by atoms with Gasteiger partial charge in [0.05, 0.1) is 0 Å². The average Bonchev–Trinajstić information content (AvgIpc) is 2.78. The van der Waals surface area contributed by atoms with Gasteiger partial charge in [-0.2, -0.15) is 0 Å². The molecule has 0 spiro atoms. The smallest absolute Gasteiger partial charge is 0.326 e. The van der Waals surface area contributed by atoms with Crippen LogP contribution in [-0.2, 0) is 14.3 Å². The van der Waals surface area contributed by atoms with Crippen molar-refractivity contribution in [2.75, 3.05) is 11.9 Å². The Labute approximate surface area is 181 Å². The van der Waals surface area contributed by atoms with E-state index in [9.17, 15) is 14.4 Å². The van der Waals surface area contributed by atoms with E-state index in [2.05, 4.69) is 10.6 Å². The Kier molecular flexibility index (Phi) is 7.17. The summed E-state index contributed by atoms with van der Waals surface area (Å²) in [6, 6.07) is 24.2. The molecule has 0 bridgehead atoms. The van der Waals surface area contributed by atoms with Crippen molar-refractivity contribution in [3.8, 4) is 11.1 Å². The average molecular weight is 416 g/mol. The predicted molar refractivity (Wildman–Crippen MR) is 120 cm³/mol.